The number of rotatable bonds is 3. The molecule has 3 aromatic rings. The van der Waals surface area contributed by atoms with Gasteiger partial charge in [-0.25, -0.2) is 0 Å². The van der Waals surface area contributed by atoms with Gasteiger partial charge in [0, 0.05) is 16.8 Å². The maximum atomic E-state index is 13.9. The Kier molecular flexibility index (Phi) is 5.33. The van der Waals surface area contributed by atoms with Crippen LogP contribution in [0.3, 0.4) is 0 Å². The Morgan fingerprint density at radius 2 is 1.94 bits per heavy atom. The number of benzene rings is 1. The number of hydrogen-bond acceptors (Lipinski definition) is 3. The van der Waals surface area contributed by atoms with E-state index in [4.69, 9.17) is 11.6 Å². The molecule has 32 heavy (non-hydrogen) atoms. The standard InChI is InChI=1S/C25H28ClN3O2S/c1-15-5-4-6-19(16(15)2)27-24(31)25(3)14-28-20-11-12-32-22(20)13-21(28)23(30)29(25)18-9-7-17(26)8-10-18/h7-13,15-16,19H,4-6,14H2,1-3H3,(H,27,31)/t15-,16+,19+,25-/m1/s1. The highest BCUT2D eigenvalue weighted by molar-refractivity contribution is 7.17. The normalized spacial score (nSPS) is 28.1. The highest BCUT2D eigenvalue weighted by Crippen LogP contribution is 2.38. The summed E-state index contributed by atoms with van der Waals surface area (Å²) in [5.41, 5.74) is 1.24. The van der Waals surface area contributed by atoms with E-state index in [-0.39, 0.29) is 17.9 Å². The van der Waals surface area contributed by atoms with Crippen molar-refractivity contribution in [3.05, 3.63) is 52.5 Å². The number of thiophene rings is 1. The number of aromatic nitrogens is 1. The second-order valence-electron chi connectivity index (χ2n) is 9.52. The van der Waals surface area contributed by atoms with E-state index >= 15 is 0 Å². The number of carbonyl (C=O) groups is 2. The molecule has 2 aliphatic rings. The number of nitrogens with zero attached hydrogens (tertiary/aromatic N) is 2. The van der Waals surface area contributed by atoms with Gasteiger partial charge in [0.1, 0.15) is 11.2 Å². The minimum Gasteiger partial charge on any atom is -0.351 e. The molecule has 3 heterocycles. The van der Waals surface area contributed by atoms with E-state index in [2.05, 4.69) is 19.2 Å². The van der Waals surface area contributed by atoms with Gasteiger partial charge < -0.3 is 9.88 Å². The largest absolute Gasteiger partial charge is 0.351 e. The van der Waals surface area contributed by atoms with Gasteiger partial charge in [0.25, 0.3) is 5.91 Å². The van der Waals surface area contributed by atoms with Gasteiger partial charge in [0.05, 0.1) is 16.8 Å². The second-order valence-corrected chi connectivity index (χ2v) is 10.9. The van der Waals surface area contributed by atoms with Gasteiger partial charge in [-0.3, -0.25) is 14.5 Å². The maximum Gasteiger partial charge on any atom is 0.275 e. The van der Waals surface area contributed by atoms with Gasteiger partial charge >= 0.3 is 0 Å². The lowest BCUT2D eigenvalue weighted by atomic mass is 9.77. The highest BCUT2D eigenvalue weighted by atomic mass is 35.5. The zero-order valence-electron chi connectivity index (χ0n) is 18.6. The molecule has 168 valence electrons. The Balaban J connectivity index is 1.57. The average Bonchev–Trinajstić information content (AvgIpc) is 3.35. The second kappa shape index (κ2) is 7.92. The Morgan fingerprint density at radius 3 is 2.69 bits per heavy atom. The predicted octanol–water partition coefficient (Wildman–Crippen LogP) is 5.72. The Bertz CT molecular complexity index is 1180. The molecule has 1 aliphatic carbocycles. The van der Waals surface area contributed by atoms with Crippen LogP contribution in [0.5, 0.6) is 0 Å². The molecule has 0 saturated heterocycles. The Hall–Kier alpha value is -2.31. The van der Waals surface area contributed by atoms with Crippen molar-refractivity contribution in [3.63, 3.8) is 0 Å². The smallest absolute Gasteiger partial charge is 0.275 e. The van der Waals surface area contributed by atoms with Gasteiger partial charge in [-0.05, 0) is 67.0 Å². The third-order valence-electron chi connectivity index (χ3n) is 7.50. The van der Waals surface area contributed by atoms with Crippen molar-refractivity contribution in [1.29, 1.82) is 0 Å². The minimum absolute atomic E-state index is 0.102. The zero-order chi connectivity index (χ0) is 22.6. The van der Waals surface area contributed by atoms with Gasteiger partial charge in [-0.15, -0.1) is 11.3 Å². The summed E-state index contributed by atoms with van der Waals surface area (Å²) in [5, 5.41) is 5.96. The molecule has 4 atom stereocenters. The van der Waals surface area contributed by atoms with E-state index in [1.165, 1.54) is 6.42 Å². The van der Waals surface area contributed by atoms with Gasteiger partial charge in [0.2, 0.25) is 5.91 Å². The lowest BCUT2D eigenvalue weighted by Crippen LogP contribution is -2.66. The molecule has 2 aromatic heterocycles. The summed E-state index contributed by atoms with van der Waals surface area (Å²) >= 11 is 7.72. The average molecular weight is 470 g/mol. The first-order valence-corrected chi connectivity index (χ1v) is 12.5. The molecule has 0 unspecified atom stereocenters. The third-order valence-corrected chi connectivity index (χ3v) is 8.61. The fraction of sp³-hybridized carbons (Fsp3) is 0.440. The molecular formula is C25H28ClN3O2S. The van der Waals surface area contributed by atoms with Crippen molar-refractivity contribution in [3.8, 4) is 0 Å². The lowest BCUT2D eigenvalue weighted by molar-refractivity contribution is -0.128. The van der Waals surface area contributed by atoms with Crippen LogP contribution in [-0.2, 0) is 11.3 Å². The first kappa shape index (κ1) is 21.5. The molecule has 2 amide bonds. The molecule has 0 bridgehead atoms. The highest BCUT2D eigenvalue weighted by Gasteiger charge is 2.49. The molecule has 1 aliphatic heterocycles. The summed E-state index contributed by atoms with van der Waals surface area (Å²) in [5.74, 6) is 0.716. The van der Waals surface area contributed by atoms with Crippen molar-refractivity contribution in [1.82, 2.24) is 9.88 Å². The maximum absolute atomic E-state index is 13.9. The van der Waals surface area contributed by atoms with Crippen LogP contribution >= 0.6 is 22.9 Å². The number of hydrogen-bond donors (Lipinski definition) is 1. The summed E-state index contributed by atoms with van der Waals surface area (Å²) in [6.07, 6.45) is 3.29. The fourth-order valence-corrected chi connectivity index (χ4v) is 6.27. The molecule has 1 fully saturated rings. The van der Waals surface area contributed by atoms with Crippen LogP contribution in [0.2, 0.25) is 5.02 Å². The van der Waals surface area contributed by atoms with E-state index < -0.39 is 5.54 Å². The van der Waals surface area contributed by atoms with Crippen molar-refractivity contribution >= 4 is 50.7 Å². The van der Waals surface area contributed by atoms with Crippen LogP contribution in [0.4, 0.5) is 5.69 Å². The van der Waals surface area contributed by atoms with Gasteiger partial charge in [-0.2, -0.15) is 0 Å². The molecule has 0 spiro atoms. The molecule has 1 N–H and O–H groups in total. The molecular weight excluding hydrogens is 442 g/mol. The molecule has 5 rings (SSSR count). The summed E-state index contributed by atoms with van der Waals surface area (Å²) in [4.78, 5) is 29.4. The van der Waals surface area contributed by atoms with Crippen molar-refractivity contribution in [2.24, 2.45) is 11.8 Å². The molecule has 1 saturated carbocycles. The lowest BCUT2D eigenvalue weighted by Gasteiger charge is -2.45. The van der Waals surface area contributed by atoms with E-state index in [9.17, 15) is 9.59 Å². The van der Waals surface area contributed by atoms with E-state index in [0.29, 0.717) is 34.8 Å². The number of halogens is 1. The van der Waals surface area contributed by atoms with Crippen LogP contribution in [0.1, 0.15) is 50.5 Å². The van der Waals surface area contributed by atoms with Gasteiger partial charge in [-0.1, -0.05) is 38.3 Å². The Labute approximate surface area is 197 Å². The number of fused-ring (bicyclic) bond motifs is 3. The van der Waals surface area contributed by atoms with E-state index in [0.717, 1.165) is 23.1 Å². The van der Waals surface area contributed by atoms with Crippen LogP contribution in [0, 0.1) is 11.8 Å². The van der Waals surface area contributed by atoms with Crippen LogP contribution in [-0.4, -0.2) is 28.0 Å². The summed E-state index contributed by atoms with van der Waals surface area (Å²) < 4.78 is 3.07. The SMILES string of the molecule is C[C@H]1[C@H](C)CCC[C@@H]1NC(=O)[C@@]1(C)Cn2c(cc3sccc32)C(=O)N1c1ccc(Cl)cc1. The Morgan fingerprint density at radius 1 is 1.19 bits per heavy atom. The molecule has 1 aromatic carbocycles. The van der Waals surface area contributed by atoms with Crippen molar-refractivity contribution in [2.75, 3.05) is 4.90 Å². The molecule has 7 heteroatoms. The van der Waals surface area contributed by atoms with E-state index in [1.54, 1.807) is 28.4 Å². The van der Waals surface area contributed by atoms with Crippen LogP contribution < -0.4 is 10.2 Å². The van der Waals surface area contributed by atoms with E-state index in [1.807, 2.05) is 41.1 Å². The summed E-state index contributed by atoms with van der Waals surface area (Å²) in [6, 6.07) is 11.2. The van der Waals surface area contributed by atoms with Crippen molar-refractivity contribution in [2.45, 2.75) is 58.2 Å². The van der Waals surface area contributed by atoms with Crippen molar-refractivity contribution < 1.29 is 9.59 Å². The van der Waals surface area contributed by atoms with Gasteiger partial charge in [0.15, 0.2) is 0 Å². The number of carbonyl (C=O) groups excluding carboxylic acids is 2. The zero-order valence-corrected chi connectivity index (χ0v) is 20.2. The first-order valence-electron chi connectivity index (χ1n) is 11.3. The molecule has 0 radical (unpaired) electrons. The first-order chi connectivity index (χ1) is 15.3. The monoisotopic (exact) mass is 469 g/mol. The predicted molar refractivity (Wildman–Crippen MR) is 131 cm³/mol. The van der Waals surface area contributed by atoms with Crippen LogP contribution in [0.25, 0.3) is 10.2 Å². The quantitative estimate of drug-likeness (QED) is 0.533. The number of anilines is 1. The minimum atomic E-state index is -1.06. The summed E-state index contributed by atoms with van der Waals surface area (Å²) in [7, 11) is 0. The molecule has 5 nitrogen and oxygen atoms in total. The third kappa shape index (κ3) is 3.35. The fourth-order valence-electron chi connectivity index (χ4n) is 5.32. The topological polar surface area (TPSA) is 54.3 Å². The number of nitrogens with one attached hydrogen (secondary N) is 1. The number of amides is 2. The summed E-state index contributed by atoms with van der Waals surface area (Å²) in [6.45, 7) is 6.76. The van der Waals surface area contributed by atoms with Crippen LogP contribution in [0.15, 0.2) is 41.8 Å².